The summed E-state index contributed by atoms with van der Waals surface area (Å²) in [4.78, 5) is 13.1. The molecule has 0 aliphatic carbocycles. The first-order valence-corrected chi connectivity index (χ1v) is 11.7. The quantitative estimate of drug-likeness (QED) is 0.578. The zero-order chi connectivity index (χ0) is 15.2. The van der Waals surface area contributed by atoms with Gasteiger partial charge in [0, 0.05) is 32.6 Å². The van der Waals surface area contributed by atoms with E-state index in [2.05, 4.69) is 54.5 Å². The standard InChI is InChI=1S/C15H20OS5/c1-10(2)14(16)20-11(3)7-17-8-12-9-19-15(21-12)13-5-4-6-18-13/h4-6,11-12,15H,1,7-9H2,2-3H3. The first kappa shape index (κ1) is 17.9. The Morgan fingerprint density at radius 2 is 2.38 bits per heavy atom. The van der Waals surface area contributed by atoms with Crippen LogP contribution in [0.15, 0.2) is 29.7 Å². The van der Waals surface area contributed by atoms with Gasteiger partial charge in [0.2, 0.25) is 5.12 Å². The van der Waals surface area contributed by atoms with Crippen LogP contribution < -0.4 is 0 Å². The van der Waals surface area contributed by atoms with Crippen LogP contribution in [-0.4, -0.2) is 32.9 Å². The van der Waals surface area contributed by atoms with Crippen molar-refractivity contribution in [2.45, 2.75) is 28.9 Å². The second-order valence-corrected chi connectivity index (χ2v) is 11.3. The highest BCUT2D eigenvalue weighted by Crippen LogP contribution is 2.51. The molecule has 1 nitrogen and oxygen atoms in total. The maximum absolute atomic E-state index is 11.6. The average Bonchev–Trinajstić information content (AvgIpc) is 3.08. The highest BCUT2D eigenvalue weighted by Gasteiger charge is 2.27. The van der Waals surface area contributed by atoms with Gasteiger partial charge in [0.05, 0.1) is 4.58 Å². The summed E-state index contributed by atoms with van der Waals surface area (Å²) >= 11 is 9.43. The molecule has 0 N–H and O–H groups in total. The number of rotatable bonds is 7. The number of thioether (sulfide) groups is 4. The topological polar surface area (TPSA) is 17.1 Å². The maximum atomic E-state index is 11.6. The Kier molecular flexibility index (Phi) is 7.62. The van der Waals surface area contributed by atoms with Crippen molar-refractivity contribution in [3.05, 3.63) is 34.5 Å². The second kappa shape index (κ2) is 8.96. The third-order valence-corrected chi connectivity index (χ3v) is 10.3. The van der Waals surface area contributed by atoms with Crippen molar-refractivity contribution in [1.29, 1.82) is 0 Å². The molecule has 0 saturated carbocycles. The highest BCUT2D eigenvalue weighted by atomic mass is 32.2. The van der Waals surface area contributed by atoms with E-state index in [0.717, 1.165) is 11.0 Å². The molecule has 0 radical (unpaired) electrons. The molecule has 0 spiro atoms. The predicted octanol–water partition coefficient (Wildman–Crippen LogP) is 5.55. The maximum Gasteiger partial charge on any atom is 0.214 e. The lowest BCUT2D eigenvalue weighted by Crippen LogP contribution is -2.10. The molecule has 3 atom stereocenters. The van der Waals surface area contributed by atoms with E-state index in [0.29, 0.717) is 15.4 Å². The van der Waals surface area contributed by atoms with Crippen LogP contribution in [-0.2, 0) is 4.79 Å². The SMILES string of the molecule is C=C(C)C(=O)SC(C)CSCC1CSC(c2cccs2)S1. The van der Waals surface area contributed by atoms with Crippen molar-refractivity contribution >= 4 is 63.5 Å². The van der Waals surface area contributed by atoms with E-state index < -0.39 is 0 Å². The fourth-order valence-electron chi connectivity index (χ4n) is 1.79. The van der Waals surface area contributed by atoms with Crippen molar-refractivity contribution < 1.29 is 4.79 Å². The molecule has 21 heavy (non-hydrogen) atoms. The number of carbonyl (C=O) groups excluding carboxylic acids is 1. The molecule has 1 aromatic rings. The van der Waals surface area contributed by atoms with Gasteiger partial charge in [0.25, 0.3) is 0 Å². The largest absolute Gasteiger partial charge is 0.282 e. The normalized spacial score (nSPS) is 23.1. The lowest BCUT2D eigenvalue weighted by Gasteiger charge is -2.12. The minimum Gasteiger partial charge on any atom is -0.282 e. The van der Waals surface area contributed by atoms with Crippen LogP contribution in [0.2, 0.25) is 0 Å². The van der Waals surface area contributed by atoms with Gasteiger partial charge < -0.3 is 0 Å². The van der Waals surface area contributed by atoms with Crippen LogP contribution in [0.25, 0.3) is 0 Å². The molecule has 0 amide bonds. The van der Waals surface area contributed by atoms with Gasteiger partial charge in [-0.2, -0.15) is 11.8 Å². The van der Waals surface area contributed by atoms with E-state index in [4.69, 9.17) is 0 Å². The summed E-state index contributed by atoms with van der Waals surface area (Å²) in [6.07, 6.45) is 0. The Morgan fingerprint density at radius 1 is 1.57 bits per heavy atom. The molecule has 1 aliphatic rings. The molecular formula is C15H20OS5. The third-order valence-electron chi connectivity index (χ3n) is 2.84. The van der Waals surface area contributed by atoms with Gasteiger partial charge in [0.1, 0.15) is 0 Å². The Balaban J connectivity index is 1.63. The Hall–Kier alpha value is 0.510. The summed E-state index contributed by atoms with van der Waals surface area (Å²) in [6.45, 7) is 7.61. The van der Waals surface area contributed by atoms with Crippen molar-refractivity contribution in [2.24, 2.45) is 0 Å². The Bertz CT molecular complexity index is 470. The summed E-state index contributed by atoms with van der Waals surface area (Å²) < 4.78 is 0.632. The fraction of sp³-hybridized carbons (Fsp3) is 0.533. The number of thiophene rings is 1. The summed E-state index contributed by atoms with van der Waals surface area (Å²) in [5.74, 6) is 3.47. The third kappa shape index (κ3) is 5.90. The molecule has 2 rings (SSSR count). The van der Waals surface area contributed by atoms with Crippen LogP contribution in [0.3, 0.4) is 0 Å². The lowest BCUT2D eigenvalue weighted by atomic mass is 10.4. The number of carbonyl (C=O) groups is 1. The lowest BCUT2D eigenvalue weighted by molar-refractivity contribution is -0.107. The molecule has 0 bridgehead atoms. The van der Waals surface area contributed by atoms with Gasteiger partial charge >= 0.3 is 0 Å². The first-order valence-electron chi connectivity index (χ1n) is 6.81. The summed E-state index contributed by atoms with van der Waals surface area (Å²) in [7, 11) is 0. The van der Waals surface area contributed by atoms with Gasteiger partial charge in [0.15, 0.2) is 0 Å². The van der Waals surface area contributed by atoms with Gasteiger partial charge in [-0.1, -0.05) is 31.3 Å². The van der Waals surface area contributed by atoms with Crippen LogP contribution in [0, 0.1) is 0 Å². The smallest absolute Gasteiger partial charge is 0.214 e. The van der Waals surface area contributed by atoms with Crippen molar-refractivity contribution in [1.82, 2.24) is 0 Å². The summed E-state index contributed by atoms with van der Waals surface area (Å²) in [6, 6.07) is 4.38. The van der Waals surface area contributed by atoms with E-state index in [1.54, 1.807) is 6.92 Å². The Morgan fingerprint density at radius 3 is 3.05 bits per heavy atom. The van der Waals surface area contributed by atoms with Crippen LogP contribution >= 0.6 is 58.4 Å². The molecule has 2 heterocycles. The van der Waals surface area contributed by atoms with Crippen molar-refractivity contribution in [2.75, 3.05) is 17.3 Å². The zero-order valence-corrected chi connectivity index (χ0v) is 16.3. The molecular weight excluding hydrogens is 356 g/mol. The molecule has 1 fully saturated rings. The number of hydrogen-bond donors (Lipinski definition) is 0. The van der Waals surface area contributed by atoms with Gasteiger partial charge in [-0.25, -0.2) is 0 Å². The number of hydrogen-bond acceptors (Lipinski definition) is 6. The van der Waals surface area contributed by atoms with Gasteiger partial charge in [-0.3, -0.25) is 4.79 Å². The zero-order valence-electron chi connectivity index (χ0n) is 12.2. The van der Waals surface area contributed by atoms with Gasteiger partial charge in [-0.05, 0) is 23.9 Å². The van der Waals surface area contributed by atoms with Gasteiger partial charge in [-0.15, -0.1) is 34.9 Å². The summed E-state index contributed by atoms with van der Waals surface area (Å²) in [5, 5.41) is 3.40. The highest BCUT2D eigenvalue weighted by molar-refractivity contribution is 8.20. The molecule has 1 saturated heterocycles. The van der Waals surface area contributed by atoms with E-state index >= 15 is 0 Å². The predicted molar refractivity (Wildman–Crippen MR) is 105 cm³/mol. The monoisotopic (exact) mass is 376 g/mol. The fourth-order valence-corrected chi connectivity index (χ4v) is 8.69. The van der Waals surface area contributed by atoms with Crippen LogP contribution in [0.4, 0.5) is 0 Å². The molecule has 116 valence electrons. The van der Waals surface area contributed by atoms with Crippen molar-refractivity contribution in [3.63, 3.8) is 0 Å². The van der Waals surface area contributed by atoms with Crippen LogP contribution in [0.1, 0.15) is 23.3 Å². The molecule has 0 aromatic carbocycles. The first-order chi connectivity index (χ1) is 10.1. The molecule has 1 aliphatic heterocycles. The molecule has 1 aromatic heterocycles. The summed E-state index contributed by atoms with van der Waals surface area (Å²) in [5.41, 5.74) is 0.651. The van der Waals surface area contributed by atoms with E-state index in [1.807, 2.05) is 23.1 Å². The van der Waals surface area contributed by atoms with Crippen LogP contribution in [0.5, 0.6) is 0 Å². The van der Waals surface area contributed by atoms with E-state index in [-0.39, 0.29) is 5.12 Å². The Labute approximate surface area is 148 Å². The minimum atomic E-state index is 0.131. The molecule has 3 unspecified atom stereocenters. The second-order valence-electron chi connectivity index (χ2n) is 4.97. The average molecular weight is 377 g/mol. The molecule has 6 heteroatoms. The van der Waals surface area contributed by atoms with Crippen molar-refractivity contribution in [3.8, 4) is 0 Å². The minimum absolute atomic E-state index is 0.131. The van der Waals surface area contributed by atoms with E-state index in [9.17, 15) is 4.79 Å². The van der Waals surface area contributed by atoms with E-state index in [1.165, 1.54) is 28.1 Å².